The first-order valence-corrected chi connectivity index (χ1v) is 8.57. The van der Waals surface area contributed by atoms with Crippen molar-refractivity contribution >= 4 is 5.91 Å². The lowest BCUT2D eigenvalue weighted by Crippen LogP contribution is -2.40. The molecule has 25 heavy (non-hydrogen) atoms. The Balaban J connectivity index is 1.50. The van der Waals surface area contributed by atoms with Crippen molar-refractivity contribution in [2.45, 2.75) is 32.9 Å². The number of likely N-dealkylation sites (tertiary alicyclic amines) is 1. The minimum Gasteiger partial charge on any atom is -0.497 e. The number of aromatic nitrogens is 3. The van der Waals surface area contributed by atoms with Crippen molar-refractivity contribution in [1.29, 1.82) is 0 Å². The van der Waals surface area contributed by atoms with E-state index in [1.165, 1.54) is 6.42 Å². The predicted octanol–water partition coefficient (Wildman–Crippen LogP) is 2.12. The van der Waals surface area contributed by atoms with E-state index in [-0.39, 0.29) is 12.5 Å². The van der Waals surface area contributed by atoms with E-state index in [9.17, 15) is 4.79 Å². The van der Waals surface area contributed by atoms with Crippen LogP contribution in [0.4, 0.5) is 0 Å². The van der Waals surface area contributed by atoms with E-state index in [1.54, 1.807) is 18.0 Å². The summed E-state index contributed by atoms with van der Waals surface area (Å²) < 4.78 is 12.4. The Morgan fingerprint density at radius 2 is 2.04 bits per heavy atom. The Bertz CT molecular complexity index is 699. The maximum atomic E-state index is 12.4. The normalized spacial score (nSPS) is 17.4. The molecule has 7 nitrogen and oxygen atoms in total. The SMILES string of the molecule is COc1ccc(OCc2cn(CC(=O)N3CCCC(C)C3)nn2)cc1. The van der Waals surface area contributed by atoms with Gasteiger partial charge in [0.05, 0.1) is 13.3 Å². The van der Waals surface area contributed by atoms with Crippen LogP contribution in [-0.4, -0.2) is 46.0 Å². The first kappa shape index (κ1) is 17.3. The molecule has 1 unspecified atom stereocenters. The molecule has 2 aromatic rings. The van der Waals surface area contributed by atoms with E-state index in [0.29, 0.717) is 18.2 Å². The van der Waals surface area contributed by atoms with Crippen LogP contribution in [0.3, 0.4) is 0 Å². The van der Waals surface area contributed by atoms with E-state index < -0.39 is 0 Å². The molecule has 1 saturated heterocycles. The number of carbonyl (C=O) groups excluding carboxylic acids is 1. The van der Waals surface area contributed by atoms with Gasteiger partial charge in [-0.1, -0.05) is 12.1 Å². The number of methoxy groups -OCH3 is 1. The van der Waals surface area contributed by atoms with Gasteiger partial charge in [-0.15, -0.1) is 5.10 Å². The highest BCUT2D eigenvalue weighted by molar-refractivity contribution is 5.76. The zero-order valence-corrected chi connectivity index (χ0v) is 14.7. The summed E-state index contributed by atoms with van der Waals surface area (Å²) in [6, 6.07) is 7.35. The largest absolute Gasteiger partial charge is 0.497 e. The fourth-order valence-electron chi connectivity index (χ4n) is 2.97. The summed E-state index contributed by atoms with van der Waals surface area (Å²) in [6.45, 7) is 4.39. The molecule has 1 atom stereocenters. The highest BCUT2D eigenvalue weighted by Gasteiger charge is 2.21. The number of piperidine rings is 1. The summed E-state index contributed by atoms with van der Waals surface area (Å²) in [5.41, 5.74) is 0.690. The summed E-state index contributed by atoms with van der Waals surface area (Å²) in [4.78, 5) is 14.3. The number of hydrogen-bond donors (Lipinski definition) is 0. The summed E-state index contributed by atoms with van der Waals surface area (Å²) >= 11 is 0. The number of benzene rings is 1. The van der Waals surface area contributed by atoms with E-state index in [2.05, 4.69) is 17.2 Å². The van der Waals surface area contributed by atoms with Gasteiger partial charge in [-0.05, 0) is 43.0 Å². The molecule has 2 heterocycles. The van der Waals surface area contributed by atoms with Crippen LogP contribution in [0.1, 0.15) is 25.5 Å². The lowest BCUT2D eigenvalue weighted by Gasteiger charge is -2.30. The fraction of sp³-hybridized carbons (Fsp3) is 0.500. The minimum absolute atomic E-state index is 0.0964. The molecule has 1 aliphatic heterocycles. The maximum absolute atomic E-state index is 12.4. The van der Waals surface area contributed by atoms with Gasteiger partial charge in [0.1, 0.15) is 30.3 Å². The number of nitrogens with zero attached hydrogens (tertiary/aromatic N) is 4. The van der Waals surface area contributed by atoms with Crippen molar-refractivity contribution in [3.05, 3.63) is 36.2 Å². The minimum atomic E-state index is 0.0964. The molecule has 1 amide bonds. The van der Waals surface area contributed by atoms with Gasteiger partial charge < -0.3 is 14.4 Å². The molecular formula is C18H24N4O3. The third-order valence-electron chi connectivity index (χ3n) is 4.34. The van der Waals surface area contributed by atoms with Crippen LogP contribution in [0.2, 0.25) is 0 Å². The second-order valence-electron chi connectivity index (χ2n) is 6.46. The van der Waals surface area contributed by atoms with Crippen LogP contribution in [0.25, 0.3) is 0 Å². The number of rotatable bonds is 6. The van der Waals surface area contributed by atoms with Crippen LogP contribution in [0, 0.1) is 5.92 Å². The first-order valence-electron chi connectivity index (χ1n) is 8.57. The average molecular weight is 344 g/mol. The van der Waals surface area contributed by atoms with E-state index >= 15 is 0 Å². The summed E-state index contributed by atoms with van der Waals surface area (Å²) in [5, 5.41) is 8.10. The van der Waals surface area contributed by atoms with Gasteiger partial charge in [0.2, 0.25) is 5.91 Å². The van der Waals surface area contributed by atoms with Crippen molar-refractivity contribution in [1.82, 2.24) is 19.9 Å². The Labute approximate surface area is 147 Å². The molecular weight excluding hydrogens is 320 g/mol. The Hall–Kier alpha value is -2.57. The van der Waals surface area contributed by atoms with Gasteiger partial charge in [-0.3, -0.25) is 4.79 Å². The van der Waals surface area contributed by atoms with Crippen molar-refractivity contribution < 1.29 is 14.3 Å². The second kappa shape index (κ2) is 8.00. The highest BCUT2D eigenvalue weighted by Crippen LogP contribution is 2.18. The van der Waals surface area contributed by atoms with Crippen molar-refractivity contribution in [3.8, 4) is 11.5 Å². The fourth-order valence-corrected chi connectivity index (χ4v) is 2.97. The number of amides is 1. The molecule has 7 heteroatoms. The van der Waals surface area contributed by atoms with E-state index in [4.69, 9.17) is 9.47 Å². The quantitative estimate of drug-likeness (QED) is 0.803. The first-order chi connectivity index (χ1) is 12.1. The van der Waals surface area contributed by atoms with Crippen LogP contribution in [0.5, 0.6) is 11.5 Å². The number of carbonyl (C=O) groups is 1. The second-order valence-corrected chi connectivity index (χ2v) is 6.46. The zero-order valence-electron chi connectivity index (χ0n) is 14.7. The number of hydrogen-bond acceptors (Lipinski definition) is 5. The molecule has 0 spiro atoms. The van der Waals surface area contributed by atoms with Crippen molar-refractivity contribution in [2.24, 2.45) is 5.92 Å². The molecule has 0 bridgehead atoms. The van der Waals surface area contributed by atoms with Gasteiger partial charge in [0, 0.05) is 13.1 Å². The molecule has 0 aliphatic carbocycles. The zero-order chi connectivity index (χ0) is 17.6. The van der Waals surface area contributed by atoms with Gasteiger partial charge in [-0.2, -0.15) is 0 Å². The maximum Gasteiger partial charge on any atom is 0.244 e. The van der Waals surface area contributed by atoms with Crippen molar-refractivity contribution in [3.63, 3.8) is 0 Å². The van der Waals surface area contributed by atoms with Gasteiger partial charge >= 0.3 is 0 Å². The van der Waals surface area contributed by atoms with Crippen LogP contribution in [0.15, 0.2) is 30.5 Å². The Morgan fingerprint density at radius 1 is 1.28 bits per heavy atom. The molecule has 0 radical (unpaired) electrons. The number of ether oxygens (including phenoxy) is 2. The summed E-state index contributed by atoms with van der Waals surface area (Å²) in [7, 11) is 1.63. The predicted molar refractivity (Wildman–Crippen MR) is 92.3 cm³/mol. The molecule has 3 rings (SSSR count). The molecule has 1 fully saturated rings. The average Bonchev–Trinajstić information content (AvgIpc) is 3.08. The highest BCUT2D eigenvalue weighted by atomic mass is 16.5. The third-order valence-corrected chi connectivity index (χ3v) is 4.34. The lowest BCUT2D eigenvalue weighted by atomic mass is 10.0. The smallest absolute Gasteiger partial charge is 0.244 e. The Morgan fingerprint density at radius 3 is 2.76 bits per heavy atom. The molecule has 0 saturated carbocycles. The standard InChI is InChI=1S/C18H24N4O3/c1-14-4-3-9-21(10-14)18(23)12-22-11-15(19-20-22)13-25-17-7-5-16(24-2)6-8-17/h5-8,11,14H,3-4,9-10,12-13H2,1-2H3. The molecule has 134 valence electrons. The van der Waals surface area contributed by atoms with E-state index in [1.807, 2.05) is 29.2 Å². The van der Waals surface area contributed by atoms with E-state index in [0.717, 1.165) is 31.0 Å². The lowest BCUT2D eigenvalue weighted by molar-refractivity contribution is -0.133. The summed E-state index contributed by atoms with van der Waals surface area (Å²) in [5.74, 6) is 2.18. The van der Waals surface area contributed by atoms with Crippen LogP contribution < -0.4 is 9.47 Å². The monoisotopic (exact) mass is 344 g/mol. The third kappa shape index (κ3) is 4.71. The van der Waals surface area contributed by atoms with Crippen LogP contribution >= 0.6 is 0 Å². The molecule has 1 aromatic heterocycles. The Kier molecular flexibility index (Phi) is 5.53. The van der Waals surface area contributed by atoms with Crippen molar-refractivity contribution in [2.75, 3.05) is 20.2 Å². The van der Waals surface area contributed by atoms with Crippen LogP contribution in [-0.2, 0) is 17.9 Å². The molecule has 1 aliphatic rings. The molecule has 0 N–H and O–H groups in total. The summed E-state index contributed by atoms with van der Waals surface area (Å²) in [6.07, 6.45) is 4.03. The topological polar surface area (TPSA) is 69.5 Å². The van der Waals surface area contributed by atoms with Gasteiger partial charge in [0.15, 0.2) is 0 Å². The molecule has 1 aromatic carbocycles. The van der Waals surface area contributed by atoms with Gasteiger partial charge in [-0.25, -0.2) is 4.68 Å². The van der Waals surface area contributed by atoms with Gasteiger partial charge in [0.25, 0.3) is 0 Å².